The average molecular weight is 261 g/mol. The summed E-state index contributed by atoms with van der Waals surface area (Å²) in [6, 6.07) is 8.52. The number of piperazine rings is 1. The number of rotatable bonds is 3. The molecule has 1 aromatic carbocycles. The van der Waals surface area contributed by atoms with Crippen LogP contribution in [0.5, 0.6) is 0 Å². The molecule has 0 saturated carbocycles. The third-order valence-corrected chi connectivity index (χ3v) is 3.68. The molecule has 0 aliphatic carbocycles. The molecule has 1 saturated heterocycles. The van der Waals surface area contributed by atoms with Crippen LogP contribution >= 0.6 is 0 Å². The van der Waals surface area contributed by atoms with Gasteiger partial charge in [0.15, 0.2) is 0 Å². The van der Waals surface area contributed by atoms with Gasteiger partial charge in [-0.3, -0.25) is 4.79 Å². The number of benzene rings is 1. The number of carbonyl (C=O) groups is 1. The first kappa shape index (κ1) is 14.0. The van der Waals surface area contributed by atoms with E-state index >= 15 is 0 Å². The second kappa shape index (κ2) is 6.17. The smallest absolute Gasteiger partial charge is 0.241 e. The molecule has 2 rings (SSSR count). The Bertz CT molecular complexity index is 439. The summed E-state index contributed by atoms with van der Waals surface area (Å²) in [4.78, 5) is 14.1. The van der Waals surface area contributed by atoms with Crippen molar-refractivity contribution in [2.24, 2.45) is 0 Å². The fraction of sp³-hybridized carbons (Fsp3) is 0.533. The van der Waals surface area contributed by atoms with Crippen LogP contribution in [-0.4, -0.2) is 43.0 Å². The number of nitrogens with one attached hydrogen (secondary N) is 2. The Morgan fingerprint density at radius 1 is 1.32 bits per heavy atom. The van der Waals surface area contributed by atoms with E-state index in [0.717, 1.165) is 6.54 Å². The number of hydrogen-bond acceptors (Lipinski definition) is 3. The lowest BCUT2D eigenvalue weighted by Gasteiger charge is -2.31. The Morgan fingerprint density at radius 3 is 2.68 bits per heavy atom. The predicted octanol–water partition coefficient (Wildman–Crippen LogP) is 0.903. The van der Waals surface area contributed by atoms with E-state index in [9.17, 15) is 4.79 Å². The summed E-state index contributed by atoms with van der Waals surface area (Å²) in [5, 5.41) is 6.63. The van der Waals surface area contributed by atoms with E-state index in [1.165, 1.54) is 11.1 Å². The normalized spacial score (nSPS) is 23.1. The molecular weight excluding hydrogens is 238 g/mol. The SMILES string of the molecule is Cc1ccccc1CN(C)C(=O)C1CNC(C)CN1. The zero-order valence-corrected chi connectivity index (χ0v) is 11.9. The molecule has 1 heterocycles. The molecule has 2 N–H and O–H groups in total. The van der Waals surface area contributed by atoms with Crippen molar-refractivity contribution in [2.75, 3.05) is 20.1 Å². The first-order valence-electron chi connectivity index (χ1n) is 6.84. The largest absolute Gasteiger partial charge is 0.340 e. The Labute approximate surface area is 115 Å². The van der Waals surface area contributed by atoms with Gasteiger partial charge in [0, 0.05) is 32.7 Å². The highest BCUT2D eigenvalue weighted by Crippen LogP contribution is 2.10. The van der Waals surface area contributed by atoms with Crippen LogP contribution in [-0.2, 0) is 11.3 Å². The van der Waals surface area contributed by atoms with Crippen LogP contribution in [0.3, 0.4) is 0 Å². The van der Waals surface area contributed by atoms with Crippen molar-refractivity contribution in [3.8, 4) is 0 Å². The Kier molecular flexibility index (Phi) is 4.56. The zero-order valence-electron chi connectivity index (χ0n) is 11.9. The molecule has 4 nitrogen and oxygen atoms in total. The molecule has 0 bridgehead atoms. The van der Waals surface area contributed by atoms with Crippen molar-refractivity contribution in [1.82, 2.24) is 15.5 Å². The molecule has 1 aliphatic rings. The molecule has 1 amide bonds. The fourth-order valence-corrected chi connectivity index (χ4v) is 2.34. The highest BCUT2D eigenvalue weighted by Gasteiger charge is 2.25. The summed E-state index contributed by atoms with van der Waals surface area (Å²) in [7, 11) is 1.87. The van der Waals surface area contributed by atoms with Crippen molar-refractivity contribution in [2.45, 2.75) is 32.5 Å². The minimum atomic E-state index is -0.106. The van der Waals surface area contributed by atoms with E-state index in [1.807, 2.05) is 19.2 Å². The summed E-state index contributed by atoms with van der Waals surface area (Å²) in [6.45, 7) is 6.41. The van der Waals surface area contributed by atoms with Gasteiger partial charge in [0.05, 0.1) is 6.04 Å². The first-order chi connectivity index (χ1) is 9.08. The first-order valence-corrected chi connectivity index (χ1v) is 6.84. The third kappa shape index (κ3) is 3.55. The van der Waals surface area contributed by atoms with E-state index in [-0.39, 0.29) is 11.9 Å². The van der Waals surface area contributed by atoms with Gasteiger partial charge >= 0.3 is 0 Å². The number of nitrogens with zero attached hydrogens (tertiary/aromatic N) is 1. The molecule has 2 atom stereocenters. The van der Waals surface area contributed by atoms with Crippen molar-refractivity contribution < 1.29 is 4.79 Å². The van der Waals surface area contributed by atoms with Crippen LogP contribution < -0.4 is 10.6 Å². The lowest BCUT2D eigenvalue weighted by atomic mass is 10.1. The lowest BCUT2D eigenvalue weighted by Crippen LogP contribution is -2.58. The van der Waals surface area contributed by atoms with Gasteiger partial charge < -0.3 is 15.5 Å². The van der Waals surface area contributed by atoms with Crippen LogP contribution in [0.25, 0.3) is 0 Å². The van der Waals surface area contributed by atoms with E-state index in [4.69, 9.17) is 0 Å². The molecule has 1 aromatic rings. The van der Waals surface area contributed by atoms with Gasteiger partial charge in [-0.2, -0.15) is 0 Å². The lowest BCUT2D eigenvalue weighted by molar-refractivity contribution is -0.133. The van der Waals surface area contributed by atoms with Gasteiger partial charge in [0.25, 0.3) is 0 Å². The minimum Gasteiger partial charge on any atom is -0.340 e. The van der Waals surface area contributed by atoms with Gasteiger partial charge in [-0.25, -0.2) is 0 Å². The number of likely N-dealkylation sites (N-methyl/N-ethyl adjacent to an activating group) is 1. The number of carbonyl (C=O) groups excluding carboxylic acids is 1. The van der Waals surface area contributed by atoms with E-state index in [1.54, 1.807) is 4.90 Å². The van der Waals surface area contributed by atoms with Crippen LogP contribution in [0.15, 0.2) is 24.3 Å². The van der Waals surface area contributed by atoms with Gasteiger partial charge in [-0.05, 0) is 25.0 Å². The summed E-state index contributed by atoms with van der Waals surface area (Å²) >= 11 is 0. The van der Waals surface area contributed by atoms with E-state index < -0.39 is 0 Å². The summed E-state index contributed by atoms with van der Waals surface area (Å²) in [5.41, 5.74) is 2.43. The number of hydrogen-bond donors (Lipinski definition) is 2. The van der Waals surface area contributed by atoms with Crippen molar-refractivity contribution >= 4 is 5.91 Å². The van der Waals surface area contributed by atoms with E-state index in [2.05, 4.69) is 36.6 Å². The third-order valence-electron chi connectivity index (χ3n) is 3.68. The van der Waals surface area contributed by atoms with Crippen molar-refractivity contribution in [1.29, 1.82) is 0 Å². The van der Waals surface area contributed by atoms with Gasteiger partial charge in [0.1, 0.15) is 0 Å². The van der Waals surface area contributed by atoms with Crippen LogP contribution in [0.2, 0.25) is 0 Å². The Balaban J connectivity index is 1.94. The molecule has 1 aliphatic heterocycles. The molecule has 0 aromatic heterocycles. The Morgan fingerprint density at radius 2 is 2.05 bits per heavy atom. The number of amides is 1. The average Bonchev–Trinajstić information content (AvgIpc) is 2.41. The van der Waals surface area contributed by atoms with Crippen LogP contribution in [0.4, 0.5) is 0 Å². The highest BCUT2D eigenvalue weighted by molar-refractivity contribution is 5.82. The molecule has 2 unspecified atom stereocenters. The Hall–Kier alpha value is -1.39. The van der Waals surface area contributed by atoms with Crippen molar-refractivity contribution in [3.63, 3.8) is 0 Å². The molecule has 19 heavy (non-hydrogen) atoms. The zero-order chi connectivity index (χ0) is 13.8. The topological polar surface area (TPSA) is 44.4 Å². The predicted molar refractivity (Wildman–Crippen MR) is 76.9 cm³/mol. The quantitative estimate of drug-likeness (QED) is 0.850. The second-order valence-corrected chi connectivity index (χ2v) is 5.39. The molecule has 1 fully saturated rings. The highest BCUT2D eigenvalue weighted by atomic mass is 16.2. The maximum Gasteiger partial charge on any atom is 0.241 e. The van der Waals surface area contributed by atoms with Crippen LogP contribution in [0, 0.1) is 6.92 Å². The summed E-state index contributed by atoms with van der Waals surface area (Å²) in [5.74, 6) is 0.155. The van der Waals surface area contributed by atoms with Gasteiger partial charge in [-0.15, -0.1) is 0 Å². The summed E-state index contributed by atoms with van der Waals surface area (Å²) < 4.78 is 0. The molecule has 0 radical (unpaired) electrons. The standard InChI is InChI=1S/C15H23N3O/c1-11-6-4-5-7-13(11)10-18(3)15(19)14-9-16-12(2)8-17-14/h4-7,12,14,16-17H,8-10H2,1-3H3. The molecule has 104 valence electrons. The molecular formula is C15H23N3O. The van der Waals surface area contributed by atoms with E-state index in [0.29, 0.717) is 19.1 Å². The van der Waals surface area contributed by atoms with Gasteiger partial charge in [-0.1, -0.05) is 24.3 Å². The molecule has 0 spiro atoms. The minimum absolute atomic E-state index is 0.106. The number of aryl methyl sites for hydroxylation is 1. The maximum atomic E-state index is 12.3. The monoisotopic (exact) mass is 261 g/mol. The van der Waals surface area contributed by atoms with Crippen molar-refractivity contribution in [3.05, 3.63) is 35.4 Å². The second-order valence-electron chi connectivity index (χ2n) is 5.39. The summed E-state index contributed by atoms with van der Waals surface area (Å²) in [6.07, 6.45) is 0. The maximum absolute atomic E-state index is 12.3. The van der Waals surface area contributed by atoms with Crippen LogP contribution in [0.1, 0.15) is 18.1 Å². The fourth-order valence-electron chi connectivity index (χ4n) is 2.34. The van der Waals surface area contributed by atoms with Gasteiger partial charge in [0.2, 0.25) is 5.91 Å². The molecule has 4 heteroatoms.